The first-order valence-electron chi connectivity index (χ1n) is 3.87. The first-order valence-corrected chi connectivity index (χ1v) is 3.87. The lowest BCUT2D eigenvalue weighted by atomic mass is 10.0. The van der Waals surface area contributed by atoms with Crippen molar-refractivity contribution in [1.82, 2.24) is 0 Å². The first kappa shape index (κ1) is 13.9. The second kappa shape index (κ2) is 8.19. The molecule has 4 N–H and O–H groups in total. The van der Waals surface area contributed by atoms with Gasteiger partial charge in [0.25, 0.3) is 0 Å². The van der Waals surface area contributed by atoms with E-state index in [4.69, 9.17) is 20.1 Å². The van der Waals surface area contributed by atoms with Crippen molar-refractivity contribution < 1.29 is 29.5 Å². The van der Waals surface area contributed by atoms with Gasteiger partial charge < -0.3 is 24.8 Å². The van der Waals surface area contributed by atoms with Crippen LogP contribution in [0.25, 0.3) is 0 Å². The fourth-order valence-corrected chi connectivity index (χ4v) is 0.865. The minimum Gasteiger partial charge on any atom is -0.429 e. The number of allylic oxidation sites excluding steroid dienone is 2. The van der Waals surface area contributed by atoms with Crippen LogP contribution in [0.4, 0.5) is 0 Å². The van der Waals surface area contributed by atoms with Crippen LogP contribution < -0.4 is 0 Å². The van der Waals surface area contributed by atoms with Crippen LogP contribution in [-0.2, 0) is 9.45 Å². The highest BCUT2D eigenvalue weighted by Gasteiger charge is 2.19. The quantitative estimate of drug-likeness (QED) is 0.303. The Bertz CT molecular complexity index is 281. The van der Waals surface area contributed by atoms with E-state index < -0.39 is 13.4 Å². The lowest BCUT2D eigenvalue weighted by Crippen LogP contribution is -2.26. The van der Waals surface area contributed by atoms with Gasteiger partial charge in [0.2, 0.25) is 0 Å². The normalized spacial score (nSPS) is 17.6. The molecule has 1 radical (unpaired) electrons. The molecule has 0 aromatic heterocycles. The Kier molecular flexibility index (Phi) is 7.57. The van der Waals surface area contributed by atoms with Crippen molar-refractivity contribution in [3.05, 3.63) is 29.9 Å². The van der Waals surface area contributed by atoms with E-state index >= 15 is 0 Å². The van der Waals surface area contributed by atoms with Crippen molar-refractivity contribution in [2.75, 3.05) is 0 Å². The summed E-state index contributed by atoms with van der Waals surface area (Å²) in [7, 11) is -1.88. The van der Waals surface area contributed by atoms with Gasteiger partial charge in [-0.15, -0.1) is 0 Å². The molecule has 0 aromatic carbocycles. The van der Waals surface area contributed by atoms with Gasteiger partial charge >= 0.3 is 15.0 Å². The van der Waals surface area contributed by atoms with Gasteiger partial charge in [0.1, 0.15) is 5.94 Å². The highest BCUT2D eigenvalue weighted by molar-refractivity contribution is 6.32. The van der Waals surface area contributed by atoms with Crippen molar-refractivity contribution in [3.63, 3.8) is 0 Å². The summed E-state index contributed by atoms with van der Waals surface area (Å²) < 4.78 is 4.57. The van der Waals surface area contributed by atoms with Crippen LogP contribution in [0.1, 0.15) is 0 Å². The third-order valence-corrected chi connectivity index (χ3v) is 1.37. The summed E-state index contributed by atoms with van der Waals surface area (Å²) in [6.45, 7) is 0. The SMILES string of the molecule is O=C=C1C=CC=CC1OB(O)O.O[B]O. The number of carbonyl (C=O) groups excluding carboxylic acids is 1. The Morgan fingerprint density at radius 2 is 2.00 bits per heavy atom. The predicted octanol–water partition coefficient (Wildman–Crippen LogP) is -2.27. The smallest absolute Gasteiger partial charge is 0.429 e. The molecule has 6 nitrogen and oxygen atoms in total. The summed E-state index contributed by atoms with van der Waals surface area (Å²) in [5, 5.41) is 30.9. The van der Waals surface area contributed by atoms with E-state index in [0.29, 0.717) is 0 Å². The lowest BCUT2D eigenvalue weighted by Gasteiger charge is -2.13. The standard InChI is InChI=1S/C7H7BO4.BH2O2/c9-5-6-3-1-2-4-7(6)12-8(10)11;2-1-3/h1-4,7,10-11H;2-3H. The molecule has 0 saturated carbocycles. The van der Waals surface area contributed by atoms with Crippen molar-refractivity contribution in [2.45, 2.75) is 6.10 Å². The third kappa shape index (κ3) is 6.03. The van der Waals surface area contributed by atoms with Crippen molar-refractivity contribution >= 4 is 20.9 Å². The second-order valence-corrected chi connectivity index (χ2v) is 2.30. The largest absolute Gasteiger partial charge is 0.634 e. The predicted molar refractivity (Wildman–Crippen MR) is 52.7 cm³/mol. The fraction of sp³-hybridized carbons (Fsp3) is 0.143. The van der Waals surface area contributed by atoms with Crippen LogP contribution in [0.3, 0.4) is 0 Å². The lowest BCUT2D eigenvalue weighted by molar-refractivity contribution is 0.168. The molecule has 0 amide bonds. The molecule has 1 aliphatic carbocycles. The van der Waals surface area contributed by atoms with Crippen molar-refractivity contribution in [1.29, 1.82) is 0 Å². The molecule has 1 rings (SSSR count). The van der Waals surface area contributed by atoms with Gasteiger partial charge in [-0.3, -0.25) is 0 Å². The molecule has 1 atom stereocenters. The van der Waals surface area contributed by atoms with Gasteiger partial charge in [0, 0.05) is 0 Å². The van der Waals surface area contributed by atoms with Crippen molar-refractivity contribution in [3.8, 4) is 0 Å². The van der Waals surface area contributed by atoms with Crippen LogP contribution in [0.2, 0.25) is 0 Å². The average Bonchev–Trinajstić information content (AvgIpc) is 2.19. The second-order valence-electron chi connectivity index (χ2n) is 2.30. The summed E-state index contributed by atoms with van der Waals surface area (Å²) >= 11 is 0. The Labute approximate surface area is 87.3 Å². The molecule has 79 valence electrons. The van der Waals surface area contributed by atoms with E-state index in [1.165, 1.54) is 12.2 Å². The topological polar surface area (TPSA) is 107 Å². The van der Waals surface area contributed by atoms with Crippen LogP contribution in [0.15, 0.2) is 29.9 Å². The molecule has 1 aliphatic rings. The highest BCUT2D eigenvalue weighted by atomic mass is 16.6. The molecule has 1 unspecified atom stereocenters. The summed E-state index contributed by atoms with van der Waals surface area (Å²) in [5.74, 6) is 1.64. The molecule has 15 heavy (non-hydrogen) atoms. The molecule has 0 fully saturated rings. The maximum absolute atomic E-state index is 10.3. The molecule has 0 saturated heterocycles. The summed E-state index contributed by atoms with van der Waals surface area (Å²) in [5.41, 5.74) is 0.241. The van der Waals surface area contributed by atoms with E-state index in [0.717, 1.165) is 0 Å². The molecular weight excluding hydrogens is 202 g/mol. The van der Waals surface area contributed by atoms with E-state index in [-0.39, 0.29) is 13.3 Å². The van der Waals surface area contributed by atoms with Crippen LogP contribution in [0.5, 0.6) is 0 Å². The van der Waals surface area contributed by atoms with Crippen LogP contribution >= 0.6 is 0 Å². The van der Waals surface area contributed by atoms with Gasteiger partial charge in [0.15, 0.2) is 0 Å². The Hall–Kier alpha value is -1.14. The molecule has 0 aliphatic heterocycles. The van der Waals surface area contributed by atoms with Gasteiger partial charge in [-0.2, -0.15) is 0 Å². The summed E-state index contributed by atoms with van der Waals surface area (Å²) in [4.78, 5) is 10.3. The molecule has 0 heterocycles. The zero-order valence-electron chi connectivity index (χ0n) is 7.65. The van der Waals surface area contributed by atoms with E-state index in [2.05, 4.69) is 4.65 Å². The molecule has 0 aromatic rings. The van der Waals surface area contributed by atoms with E-state index in [1.807, 2.05) is 0 Å². The summed E-state index contributed by atoms with van der Waals surface area (Å²) in [6, 6.07) is 0. The number of hydrogen-bond acceptors (Lipinski definition) is 6. The van der Waals surface area contributed by atoms with Gasteiger partial charge in [-0.25, -0.2) is 4.79 Å². The Balaban J connectivity index is 0.000000583. The van der Waals surface area contributed by atoms with E-state index in [9.17, 15) is 4.79 Å². The van der Waals surface area contributed by atoms with Gasteiger partial charge in [-0.05, 0) is 6.08 Å². The van der Waals surface area contributed by atoms with Crippen LogP contribution in [-0.4, -0.2) is 47.1 Å². The maximum Gasteiger partial charge on any atom is 0.634 e. The number of hydrogen-bond donors (Lipinski definition) is 4. The molecular formula is C7H9B2O6. The molecule has 8 heteroatoms. The monoisotopic (exact) mass is 211 g/mol. The number of rotatable bonds is 2. The summed E-state index contributed by atoms with van der Waals surface area (Å²) in [6.07, 6.45) is 5.60. The highest BCUT2D eigenvalue weighted by Crippen LogP contribution is 2.11. The minimum absolute atomic E-state index is 0. The van der Waals surface area contributed by atoms with E-state index in [1.54, 1.807) is 18.1 Å². The minimum atomic E-state index is -1.88. The zero-order valence-corrected chi connectivity index (χ0v) is 7.65. The van der Waals surface area contributed by atoms with Crippen molar-refractivity contribution in [2.24, 2.45) is 0 Å². The molecule has 0 bridgehead atoms. The Morgan fingerprint density at radius 3 is 2.47 bits per heavy atom. The molecule has 0 spiro atoms. The Morgan fingerprint density at radius 1 is 1.40 bits per heavy atom. The zero-order chi connectivity index (χ0) is 11.7. The van der Waals surface area contributed by atoms with Gasteiger partial charge in [-0.1, -0.05) is 18.2 Å². The first-order chi connectivity index (χ1) is 7.15. The maximum atomic E-state index is 10.3. The third-order valence-electron chi connectivity index (χ3n) is 1.37. The average molecular weight is 211 g/mol. The fourth-order valence-electron chi connectivity index (χ4n) is 0.865. The van der Waals surface area contributed by atoms with Crippen LogP contribution in [0, 0.1) is 0 Å². The van der Waals surface area contributed by atoms with Gasteiger partial charge in [0.05, 0.1) is 11.7 Å².